The molecule has 1 saturated heterocycles. The normalized spacial score (nSPS) is 20.4. The third-order valence-electron chi connectivity index (χ3n) is 4.61. The van der Waals surface area contributed by atoms with E-state index in [0.29, 0.717) is 12.3 Å². The van der Waals surface area contributed by atoms with E-state index < -0.39 is 0 Å². The largest absolute Gasteiger partial charge is 0.492 e. The fourth-order valence-electron chi connectivity index (χ4n) is 3.20. The molecule has 0 spiro atoms. The number of para-hydroxylation sites is 2. The van der Waals surface area contributed by atoms with Crippen molar-refractivity contribution in [3.63, 3.8) is 0 Å². The number of benzene rings is 2. The molecule has 0 radical (unpaired) electrons. The van der Waals surface area contributed by atoms with Gasteiger partial charge in [0.25, 0.3) is 0 Å². The molecule has 0 bridgehead atoms. The number of nitrogens with two attached hydrogens (primary N) is 1. The van der Waals surface area contributed by atoms with Gasteiger partial charge in [-0.15, -0.1) is 0 Å². The van der Waals surface area contributed by atoms with Crippen LogP contribution >= 0.6 is 0 Å². The quantitative estimate of drug-likeness (QED) is 0.780. The summed E-state index contributed by atoms with van der Waals surface area (Å²) in [6, 6.07) is 15.7. The number of nitrogens with zero attached hydrogens (tertiary/aromatic N) is 1. The van der Waals surface area contributed by atoms with Crippen molar-refractivity contribution in [2.45, 2.75) is 18.9 Å². The molecule has 2 aromatic carbocycles. The van der Waals surface area contributed by atoms with Gasteiger partial charge in [0.1, 0.15) is 23.7 Å². The maximum atomic E-state index is 6.28. The molecule has 1 atom stereocenters. The van der Waals surface area contributed by atoms with Crippen LogP contribution in [0.3, 0.4) is 0 Å². The van der Waals surface area contributed by atoms with Gasteiger partial charge >= 0.3 is 0 Å². The van der Waals surface area contributed by atoms with E-state index in [-0.39, 0.29) is 5.60 Å². The molecule has 1 unspecified atom stereocenters. The topological polar surface area (TPSA) is 47.7 Å². The van der Waals surface area contributed by atoms with Gasteiger partial charge < -0.3 is 15.2 Å². The van der Waals surface area contributed by atoms with Crippen molar-refractivity contribution in [1.82, 2.24) is 4.90 Å². The summed E-state index contributed by atoms with van der Waals surface area (Å²) in [6.45, 7) is 9.36. The number of rotatable bonds is 7. The predicted octanol–water partition coefficient (Wildman–Crippen LogP) is 3.83. The maximum Gasteiger partial charge on any atom is 0.143 e. The fourth-order valence-corrected chi connectivity index (χ4v) is 3.20. The van der Waals surface area contributed by atoms with Gasteiger partial charge in [0, 0.05) is 31.6 Å². The Bertz CT molecular complexity index is 717. The van der Waals surface area contributed by atoms with Gasteiger partial charge in [-0.1, -0.05) is 43.0 Å². The number of hydrogen-bond donors (Lipinski definition) is 1. The number of anilines is 1. The van der Waals surface area contributed by atoms with E-state index in [1.165, 1.54) is 0 Å². The van der Waals surface area contributed by atoms with Crippen molar-refractivity contribution in [2.24, 2.45) is 0 Å². The van der Waals surface area contributed by atoms with Gasteiger partial charge in [-0.3, -0.25) is 4.90 Å². The van der Waals surface area contributed by atoms with Crippen LogP contribution in [0.4, 0.5) is 5.69 Å². The number of likely N-dealkylation sites (tertiary alicyclic amines) is 1. The Balaban J connectivity index is 1.53. The first-order valence-corrected chi connectivity index (χ1v) is 8.70. The van der Waals surface area contributed by atoms with E-state index in [9.17, 15) is 0 Å². The average molecular weight is 338 g/mol. The van der Waals surface area contributed by atoms with Crippen LogP contribution in [0.1, 0.15) is 18.9 Å². The standard InChI is InChI=1S/C21H26N2O2/c1-3-17-8-7-11-19(20(17)22)25-21(2)12-13-23(16-21)14-15-24-18-9-5-4-6-10-18/h3-11H,1,12-16,22H2,2H3. The van der Waals surface area contributed by atoms with E-state index in [1.807, 2.05) is 48.5 Å². The van der Waals surface area contributed by atoms with Crippen LogP contribution in [0.2, 0.25) is 0 Å². The van der Waals surface area contributed by atoms with Gasteiger partial charge in [0.05, 0.1) is 5.69 Å². The second-order valence-electron chi connectivity index (χ2n) is 6.70. The molecule has 2 N–H and O–H groups in total. The van der Waals surface area contributed by atoms with Crippen LogP contribution in [0, 0.1) is 0 Å². The minimum absolute atomic E-state index is 0.235. The molecule has 1 fully saturated rings. The Kier molecular flexibility index (Phi) is 5.29. The molecule has 0 saturated carbocycles. The van der Waals surface area contributed by atoms with Crippen molar-refractivity contribution in [3.8, 4) is 11.5 Å². The van der Waals surface area contributed by atoms with Crippen LogP contribution in [-0.2, 0) is 0 Å². The van der Waals surface area contributed by atoms with Crippen molar-refractivity contribution >= 4 is 11.8 Å². The highest BCUT2D eigenvalue weighted by molar-refractivity contribution is 5.69. The van der Waals surface area contributed by atoms with Crippen LogP contribution in [0.5, 0.6) is 11.5 Å². The molecule has 132 valence electrons. The zero-order valence-corrected chi connectivity index (χ0v) is 14.8. The van der Waals surface area contributed by atoms with Crippen LogP contribution in [0.15, 0.2) is 55.1 Å². The Morgan fingerprint density at radius 1 is 1.20 bits per heavy atom. The summed E-state index contributed by atoms with van der Waals surface area (Å²) in [6.07, 6.45) is 2.72. The second kappa shape index (κ2) is 7.62. The van der Waals surface area contributed by atoms with Crippen LogP contribution in [0.25, 0.3) is 6.08 Å². The Morgan fingerprint density at radius 2 is 2.00 bits per heavy atom. The van der Waals surface area contributed by atoms with Gasteiger partial charge in [-0.2, -0.15) is 0 Å². The summed E-state index contributed by atoms with van der Waals surface area (Å²) in [5.74, 6) is 1.65. The lowest BCUT2D eigenvalue weighted by Gasteiger charge is -2.27. The second-order valence-corrected chi connectivity index (χ2v) is 6.70. The highest BCUT2D eigenvalue weighted by Crippen LogP contribution is 2.33. The predicted molar refractivity (Wildman–Crippen MR) is 103 cm³/mol. The van der Waals surface area contributed by atoms with Crippen LogP contribution in [-0.4, -0.2) is 36.7 Å². The van der Waals surface area contributed by atoms with Gasteiger partial charge in [0.15, 0.2) is 0 Å². The third-order valence-corrected chi connectivity index (χ3v) is 4.61. The van der Waals surface area contributed by atoms with Gasteiger partial charge in [0.2, 0.25) is 0 Å². The first-order valence-electron chi connectivity index (χ1n) is 8.70. The summed E-state index contributed by atoms with van der Waals surface area (Å²) >= 11 is 0. The zero-order chi connectivity index (χ0) is 17.7. The Labute approximate surface area is 149 Å². The molecule has 0 amide bonds. The minimum atomic E-state index is -0.235. The van der Waals surface area contributed by atoms with Gasteiger partial charge in [-0.25, -0.2) is 0 Å². The van der Waals surface area contributed by atoms with E-state index >= 15 is 0 Å². The summed E-state index contributed by atoms with van der Waals surface area (Å²) < 4.78 is 12.1. The average Bonchev–Trinajstić information content (AvgIpc) is 2.99. The lowest BCUT2D eigenvalue weighted by Crippen LogP contribution is -2.37. The van der Waals surface area contributed by atoms with Crippen LogP contribution < -0.4 is 15.2 Å². The van der Waals surface area contributed by atoms with Gasteiger partial charge in [-0.05, 0) is 25.1 Å². The fraction of sp³-hybridized carbons (Fsp3) is 0.333. The Hall–Kier alpha value is -2.46. The van der Waals surface area contributed by atoms with Crippen molar-refractivity contribution < 1.29 is 9.47 Å². The molecule has 4 heteroatoms. The molecule has 4 nitrogen and oxygen atoms in total. The molecule has 0 aliphatic carbocycles. The number of ether oxygens (including phenoxy) is 2. The molecule has 1 heterocycles. The molecular formula is C21H26N2O2. The lowest BCUT2D eigenvalue weighted by atomic mass is 10.1. The summed E-state index contributed by atoms with van der Waals surface area (Å²) in [4.78, 5) is 2.37. The van der Waals surface area contributed by atoms with E-state index in [4.69, 9.17) is 15.2 Å². The molecule has 2 aromatic rings. The monoisotopic (exact) mass is 338 g/mol. The maximum absolute atomic E-state index is 6.28. The SMILES string of the molecule is C=Cc1cccc(OC2(C)CCN(CCOc3ccccc3)C2)c1N. The molecule has 3 rings (SSSR count). The smallest absolute Gasteiger partial charge is 0.143 e. The molecule has 25 heavy (non-hydrogen) atoms. The van der Waals surface area contributed by atoms with E-state index in [1.54, 1.807) is 6.08 Å². The van der Waals surface area contributed by atoms with Crippen molar-refractivity contribution in [2.75, 3.05) is 32.0 Å². The van der Waals surface area contributed by atoms with E-state index in [0.717, 1.165) is 43.1 Å². The molecule has 1 aliphatic rings. The minimum Gasteiger partial charge on any atom is -0.492 e. The third kappa shape index (κ3) is 4.34. The summed E-state index contributed by atoms with van der Waals surface area (Å²) in [5, 5.41) is 0. The number of hydrogen-bond acceptors (Lipinski definition) is 4. The lowest BCUT2D eigenvalue weighted by molar-refractivity contribution is 0.0943. The highest BCUT2D eigenvalue weighted by atomic mass is 16.5. The van der Waals surface area contributed by atoms with Crippen molar-refractivity contribution in [1.29, 1.82) is 0 Å². The molecule has 0 aromatic heterocycles. The summed E-state index contributed by atoms with van der Waals surface area (Å²) in [5.41, 5.74) is 7.51. The highest BCUT2D eigenvalue weighted by Gasteiger charge is 2.36. The van der Waals surface area contributed by atoms with E-state index in [2.05, 4.69) is 18.4 Å². The molecular weight excluding hydrogens is 312 g/mol. The number of nitrogen functional groups attached to an aromatic ring is 1. The summed E-state index contributed by atoms with van der Waals surface area (Å²) in [7, 11) is 0. The van der Waals surface area contributed by atoms with Crippen molar-refractivity contribution in [3.05, 3.63) is 60.7 Å². The zero-order valence-electron chi connectivity index (χ0n) is 14.8. The Morgan fingerprint density at radius 3 is 2.76 bits per heavy atom. The first-order chi connectivity index (χ1) is 12.1. The molecule has 1 aliphatic heterocycles. The first kappa shape index (κ1) is 17.4.